The van der Waals surface area contributed by atoms with Gasteiger partial charge in [-0.05, 0) is 49.9 Å². The van der Waals surface area contributed by atoms with Gasteiger partial charge in [0.2, 0.25) is 0 Å². The fraction of sp³-hybridized carbons (Fsp3) is 0.533. The van der Waals surface area contributed by atoms with Crippen LogP contribution >= 0.6 is 0 Å². The van der Waals surface area contributed by atoms with Crippen LogP contribution in [0, 0.1) is 0 Å². The first-order chi connectivity index (χ1) is 8.58. The Hall–Kier alpha value is -1.35. The molecule has 0 unspecified atom stereocenters. The van der Waals surface area contributed by atoms with Gasteiger partial charge in [-0.3, -0.25) is 4.79 Å². The minimum absolute atomic E-state index is 0.0697. The Balaban J connectivity index is 2.10. The molecule has 18 heavy (non-hydrogen) atoms. The summed E-state index contributed by atoms with van der Waals surface area (Å²) in [6, 6.07) is 8.71. The summed E-state index contributed by atoms with van der Waals surface area (Å²) in [7, 11) is 3.56. The number of hydrogen-bond acceptors (Lipinski definition) is 2. The lowest BCUT2D eigenvalue weighted by atomic mass is 9.86. The Bertz CT molecular complexity index is 411. The van der Waals surface area contributed by atoms with Crippen molar-refractivity contribution in [2.75, 3.05) is 20.6 Å². The maximum Gasteiger partial charge on any atom is 0.253 e. The number of carbonyl (C=O) groups excluding carboxylic acids is 1. The van der Waals surface area contributed by atoms with Crippen LogP contribution in [-0.4, -0.2) is 37.5 Å². The first-order valence-corrected chi connectivity index (χ1v) is 6.63. The number of hydrogen-bond donors (Lipinski definition) is 1. The van der Waals surface area contributed by atoms with Crippen LogP contribution in [-0.2, 0) is 0 Å². The van der Waals surface area contributed by atoms with E-state index >= 15 is 0 Å². The zero-order chi connectivity index (χ0) is 13.1. The van der Waals surface area contributed by atoms with Crippen molar-refractivity contribution in [2.45, 2.75) is 31.7 Å². The molecule has 0 aliphatic carbocycles. The van der Waals surface area contributed by atoms with Gasteiger partial charge in [-0.2, -0.15) is 0 Å². The van der Waals surface area contributed by atoms with Gasteiger partial charge in [0, 0.05) is 25.7 Å². The quantitative estimate of drug-likeness (QED) is 0.868. The molecule has 1 saturated heterocycles. The Morgan fingerprint density at radius 3 is 2.50 bits per heavy atom. The normalized spacial score (nSPS) is 23.7. The third kappa shape index (κ3) is 2.91. The number of nitrogens with one attached hydrogen (secondary N) is 1. The Kier molecular flexibility index (Phi) is 4.02. The number of amides is 1. The Morgan fingerprint density at radius 1 is 1.28 bits per heavy atom. The molecule has 1 amide bonds. The minimum atomic E-state index is 0.0697. The molecule has 0 radical (unpaired) electrons. The van der Waals surface area contributed by atoms with Crippen molar-refractivity contribution in [1.29, 1.82) is 0 Å². The maximum absolute atomic E-state index is 11.8. The summed E-state index contributed by atoms with van der Waals surface area (Å²) in [6.45, 7) is 3.32. The highest BCUT2D eigenvalue weighted by Crippen LogP contribution is 2.27. The van der Waals surface area contributed by atoms with Gasteiger partial charge >= 0.3 is 0 Å². The molecular weight excluding hydrogens is 224 g/mol. The molecule has 1 heterocycles. The average Bonchev–Trinajstić information content (AvgIpc) is 2.38. The zero-order valence-electron chi connectivity index (χ0n) is 11.4. The van der Waals surface area contributed by atoms with Crippen LogP contribution in [0.3, 0.4) is 0 Å². The second kappa shape index (κ2) is 5.53. The van der Waals surface area contributed by atoms with Gasteiger partial charge in [0.15, 0.2) is 0 Å². The molecule has 98 valence electrons. The van der Waals surface area contributed by atoms with E-state index in [1.807, 2.05) is 12.1 Å². The predicted molar refractivity (Wildman–Crippen MR) is 73.9 cm³/mol. The van der Waals surface area contributed by atoms with Crippen LogP contribution in [0.2, 0.25) is 0 Å². The second-order valence-electron chi connectivity index (χ2n) is 5.40. The van der Waals surface area contributed by atoms with Gasteiger partial charge < -0.3 is 10.2 Å². The number of carbonyl (C=O) groups is 1. The lowest BCUT2D eigenvalue weighted by Crippen LogP contribution is -2.34. The summed E-state index contributed by atoms with van der Waals surface area (Å²) in [5.74, 6) is 0.699. The van der Waals surface area contributed by atoms with Crippen molar-refractivity contribution in [2.24, 2.45) is 0 Å². The standard InChI is InChI=1S/C15H22N2O/c1-11-10-14(8-9-16-11)12-4-6-13(7-5-12)15(18)17(2)3/h4-7,11,14,16H,8-10H2,1-3H3/t11-,14+/m1/s1. The lowest BCUT2D eigenvalue weighted by molar-refractivity contribution is 0.0827. The highest BCUT2D eigenvalue weighted by molar-refractivity contribution is 5.93. The van der Waals surface area contributed by atoms with E-state index in [4.69, 9.17) is 0 Å². The van der Waals surface area contributed by atoms with Crippen molar-refractivity contribution >= 4 is 5.91 Å². The summed E-state index contributed by atoms with van der Waals surface area (Å²) in [5, 5.41) is 3.47. The van der Waals surface area contributed by atoms with Crippen molar-refractivity contribution in [3.63, 3.8) is 0 Å². The van der Waals surface area contributed by atoms with Gasteiger partial charge in [-0.25, -0.2) is 0 Å². The summed E-state index contributed by atoms with van der Waals surface area (Å²) in [4.78, 5) is 13.4. The summed E-state index contributed by atoms with van der Waals surface area (Å²) < 4.78 is 0. The topological polar surface area (TPSA) is 32.3 Å². The first-order valence-electron chi connectivity index (χ1n) is 6.63. The maximum atomic E-state index is 11.8. The largest absolute Gasteiger partial charge is 0.345 e. The molecule has 3 nitrogen and oxygen atoms in total. The van der Waals surface area contributed by atoms with E-state index in [0.29, 0.717) is 12.0 Å². The first kappa shape index (κ1) is 13.1. The number of piperidine rings is 1. The van der Waals surface area contributed by atoms with E-state index in [1.54, 1.807) is 19.0 Å². The molecule has 0 bridgehead atoms. The van der Waals surface area contributed by atoms with E-state index in [1.165, 1.54) is 18.4 Å². The molecule has 0 saturated carbocycles. The summed E-state index contributed by atoms with van der Waals surface area (Å²) in [5.41, 5.74) is 2.13. The predicted octanol–water partition coefficient (Wildman–Crippen LogP) is 2.24. The summed E-state index contributed by atoms with van der Waals surface area (Å²) >= 11 is 0. The van der Waals surface area contributed by atoms with Crippen molar-refractivity contribution in [3.05, 3.63) is 35.4 Å². The van der Waals surface area contributed by atoms with Crippen LogP contribution in [0.4, 0.5) is 0 Å². The third-order valence-electron chi connectivity index (χ3n) is 3.66. The number of benzene rings is 1. The molecule has 0 aromatic heterocycles. The molecule has 0 spiro atoms. The molecular formula is C15H22N2O. The van der Waals surface area contributed by atoms with Gasteiger partial charge in [0.25, 0.3) is 5.91 Å². The molecule has 1 aromatic carbocycles. The van der Waals surface area contributed by atoms with Crippen LogP contribution < -0.4 is 5.32 Å². The van der Waals surface area contributed by atoms with E-state index in [9.17, 15) is 4.79 Å². The summed E-state index contributed by atoms with van der Waals surface area (Å²) in [6.07, 6.45) is 2.37. The van der Waals surface area contributed by atoms with Gasteiger partial charge in [0.05, 0.1) is 0 Å². The van der Waals surface area contributed by atoms with Crippen molar-refractivity contribution in [3.8, 4) is 0 Å². The average molecular weight is 246 g/mol. The minimum Gasteiger partial charge on any atom is -0.345 e. The fourth-order valence-corrected chi connectivity index (χ4v) is 2.59. The monoisotopic (exact) mass is 246 g/mol. The third-order valence-corrected chi connectivity index (χ3v) is 3.66. The van der Waals surface area contributed by atoms with Gasteiger partial charge in [-0.15, -0.1) is 0 Å². The SMILES string of the molecule is C[C@@H]1C[C@@H](c2ccc(C(=O)N(C)C)cc2)CCN1. The molecule has 3 heteroatoms. The molecule has 1 fully saturated rings. The van der Waals surface area contributed by atoms with Gasteiger partial charge in [0.1, 0.15) is 0 Å². The zero-order valence-corrected chi connectivity index (χ0v) is 11.4. The highest BCUT2D eigenvalue weighted by atomic mass is 16.2. The van der Waals surface area contributed by atoms with E-state index in [0.717, 1.165) is 12.1 Å². The Labute approximate surface area is 109 Å². The fourth-order valence-electron chi connectivity index (χ4n) is 2.59. The number of rotatable bonds is 2. The van der Waals surface area contributed by atoms with Crippen LogP contribution in [0.25, 0.3) is 0 Å². The molecule has 1 aliphatic rings. The Morgan fingerprint density at radius 2 is 1.94 bits per heavy atom. The molecule has 1 N–H and O–H groups in total. The van der Waals surface area contributed by atoms with E-state index in [2.05, 4.69) is 24.4 Å². The number of nitrogens with zero attached hydrogens (tertiary/aromatic N) is 1. The van der Waals surface area contributed by atoms with Crippen LogP contribution in [0.15, 0.2) is 24.3 Å². The molecule has 1 aliphatic heterocycles. The lowest BCUT2D eigenvalue weighted by Gasteiger charge is -2.28. The van der Waals surface area contributed by atoms with E-state index in [-0.39, 0.29) is 5.91 Å². The second-order valence-corrected chi connectivity index (χ2v) is 5.40. The molecule has 1 aromatic rings. The smallest absolute Gasteiger partial charge is 0.253 e. The highest BCUT2D eigenvalue weighted by Gasteiger charge is 2.20. The van der Waals surface area contributed by atoms with Crippen molar-refractivity contribution < 1.29 is 4.79 Å². The molecule has 2 atom stereocenters. The van der Waals surface area contributed by atoms with Crippen LogP contribution in [0.5, 0.6) is 0 Å². The van der Waals surface area contributed by atoms with Crippen molar-refractivity contribution in [1.82, 2.24) is 10.2 Å². The van der Waals surface area contributed by atoms with Gasteiger partial charge in [-0.1, -0.05) is 12.1 Å². The van der Waals surface area contributed by atoms with E-state index < -0.39 is 0 Å². The molecule has 2 rings (SSSR count). The van der Waals surface area contributed by atoms with Crippen LogP contribution in [0.1, 0.15) is 41.6 Å².